The third-order valence-corrected chi connectivity index (χ3v) is 4.34. The van der Waals surface area contributed by atoms with E-state index in [4.69, 9.17) is 5.73 Å². The summed E-state index contributed by atoms with van der Waals surface area (Å²) in [4.78, 5) is 28.2. The number of carbonyl (C=O) groups excluding carboxylic acids is 2. The Kier molecular flexibility index (Phi) is 6.65. The summed E-state index contributed by atoms with van der Waals surface area (Å²) < 4.78 is 12.9. The summed E-state index contributed by atoms with van der Waals surface area (Å²) >= 11 is 0. The van der Waals surface area contributed by atoms with E-state index in [1.54, 1.807) is 60.9 Å². The first-order valence-corrected chi connectivity index (χ1v) is 9.09. The van der Waals surface area contributed by atoms with Gasteiger partial charge in [-0.25, -0.2) is 4.39 Å². The van der Waals surface area contributed by atoms with Gasteiger partial charge in [0.1, 0.15) is 5.82 Å². The van der Waals surface area contributed by atoms with Gasteiger partial charge in [0.05, 0.1) is 6.42 Å². The van der Waals surface area contributed by atoms with E-state index in [-0.39, 0.29) is 30.6 Å². The molecule has 1 aromatic heterocycles. The fourth-order valence-electron chi connectivity index (χ4n) is 2.71. The van der Waals surface area contributed by atoms with E-state index in [1.165, 1.54) is 12.1 Å². The maximum Gasteiger partial charge on any atom is 0.255 e. The highest BCUT2D eigenvalue weighted by molar-refractivity contribution is 6.04. The smallest absolute Gasteiger partial charge is 0.255 e. The van der Waals surface area contributed by atoms with Crippen LogP contribution in [0.5, 0.6) is 0 Å². The molecule has 6 nitrogen and oxygen atoms in total. The molecule has 0 aliphatic heterocycles. The Morgan fingerprint density at radius 1 is 0.966 bits per heavy atom. The Bertz CT molecular complexity index is 960. The van der Waals surface area contributed by atoms with Crippen molar-refractivity contribution in [1.29, 1.82) is 0 Å². The fourth-order valence-corrected chi connectivity index (χ4v) is 2.71. The summed E-state index contributed by atoms with van der Waals surface area (Å²) in [6, 6.07) is 15.7. The molecule has 7 heteroatoms. The van der Waals surface area contributed by atoms with Crippen molar-refractivity contribution in [3.63, 3.8) is 0 Å². The molecule has 0 fully saturated rings. The van der Waals surface area contributed by atoms with Crippen molar-refractivity contribution in [3.05, 3.63) is 95.6 Å². The average Bonchev–Trinajstić information content (AvgIpc) is 2.74. The fraction of sp³-hybridized carbons (Fsp3) is 0.136. The average molecular weight is 392 g/mol. The quantitative estimate of drug-likeness (QED) is 0.576. The lowest BCUT2D eigenvalue weighted by atomic mass is 10.0. The number of nitrogens with zero attached hydrogens (tertiary/aromatic N) is 1. The molecule has 0 aliphatic carbocycles. The molecule has 2 amide bonds. The largest absolute Gasteiger partial charge is 0.354 e. The van der Waals surface area contributed by atoms with Gasteiger partial charge in [-0.3, -0.25) is 14.6 Å². The van der Waals surface area contributed by atoms with Gasteiger partial charge in [-0.05, 0) is 47.5 Å². The predicted molar refractivity (Wildman–Crippen MR) is 109 cm³/mol. The van der Waals surface area contributed by atoms with Crippen molar-refractivity contribution in [2.75, 3.05) is 11.9 Å². The summed E-state index contributed by atoms with van der Waals surface area (Å²) in [7, 11) is 0. The molecule has 29 heavy (non-hydrogen) atoms. The Morgan fingerprint density at radius 3 is 2.28 bits per heavy atom. The van der Waals surface area contributed by atoms with Crippen molar-refractivity contribution < 1.29 is 14.0 Å². The minimum Gasteiger partial charge on any atom is -0.354 e. The molecule has 0 saturated carbocycles. The second-order valence-corrected chi connectivity index (χ2v) is 6.53. The Balaban J connectivity index is 1.50. The highest BCUT2D eigenvalue weighted by Crippen LogP contribution is 2.13. The molecule has 1 unspecified atom stereocenters. The Labute approximate surface area is 168 Å². The zero-order chi connectivity index (χ0) is 20.6. The van der Waals surface area contributed by atoms with Gasteiger partial charge in [-0.2, -0.15) is 0 Å². The zero-order valence-electron chi connectivity index (χ0n) is 15.6. The first kappa shape index (κ1) is 20.2. The van der Waals surface area contributed by atoms with E-state index in [9.17, 15) is 14.0 Å². The van der Waals surface area contributed by atoms with Crippen LogP contribution in [-0.4, -0.2) is 23.3 Å². The summed E-state index contributed by atoms with van der Waals surface area (Å²) in [5.74, 6) is -0.765. The van der Waals surface area contributed by atoms with E-state index < -0.39 is 6.04 Å². The first-order valence-electron chi connectivity index (χ1n) is 9.09. The summed E-state index contributed by atoms with van der Waals surface area (Å²) in [5, 5.41) is 5.55. The number of pyridine rings is 1. The first-order chi connectivity index (χ1) is 14.0. The van der Waals surface area contributed by atoms with Crippen LogP contribution in [0.1, 0.15) is 27.5 Å². The number of carbonyl (C=O) groups is 2. The number of anilines is 1. The number of halogens is 1. The number of nitrogens with one attached hydrogen (secondary N) is 2. The van der Waals surface area contributed by atoms with Gasteiger partial charge in [0.25, 0.3) is 5.91 Å². The lowest BCUT2D eigenvalue weighted by molar-refractivity contribution is -0.120. The summed E-state index contributed by atoms with van der Waals surface area (Å²) in [6.45, 7) is 0.253. The normalized spacial score (nSPS) is 11.5. The molecule has 0 saturated heterocycles. The van der Waals surface area contributed by atoms with E-state index in [2.05, 4.69) is 15.6 Å². The van der Waals surface area contributed by atoms with Crippen LogP contribution in [0.15, 0.2) is 73.1 Å². The third-order valence-electron chi connectivity index (χ3n) is 4.34. The standard InChI is InChI=1S/C22H21FN4O2/c23-18-7-1-15(2-8-18)13-21(28)26-14-20(24)16-3-5-17(6-4-16)22(29)27-19-9-11-25-12-10-19/h1-12,20H,13-14,24H2,(H,26,28)(H,25,27,29). The second-order valence-electron chi connectivity index (χ2n) is 6.53. The highest BCUT2D eigenvalue weighted by Gasteiger charge is 2.11. The van der Waals surface area contributed by atoms with E-state index in [0.29, 0.717) is 11.3 Å². The monoisotopic (exact) mass is 392 g/mol. The lowest BCUT2D eigenvalue weighted by Gasteiger charge is -2.14. The van der Waals surface area contributed by atoms with Crippen molar-refractivity contribution in [3.8, 4) is 0 Å². The highest BCUT2D eigenvalue weighted by atomic mass is 19.1. The maximum absolute atomic E-state index is 12.9. The summed E-state index contributed by atoms with van der Waals surface area (Å²) in [5.41, 5.74) is 8.82. The van der Waals surface area contributed by atoms with Gasteiger partial charge < -0.3 is 16.4 Å². The van der Waals surface area contributed by atoms with Crippen LogP contribution >= 0.6 is 0 Å². The molecule has 0 radical (unpaired) electrons. The Hall–Kier alpha value is -3.58. The van der Waals surface area contributed by atoms with Crippen LogP contribution < -0.4 is 16.4 Å². The molecule has 1 atom stereocenters. The number of rotatable bonds is 7. The van der Waals surface area contributed by atoms with Crippen LogP contribution in [0, 0.1) is 5.82 Å². The van der Waals surface area contributed by atoms with Gasteiger partial charge in [0.15, 0.2) is 0 Å². The maximum atomic E-state index is 12.9. The molecule has 0 aliphatic rings. The number of nitrogens with two attached hydrogens (primary N) is 1. The van der Waals surface area contributed by atoms with Gasteiger partial charge in [0, 0.05) is 36.2 Å². The number of benzene rings is 2. The summed E-state index contributed by atoms with van der Waals surface area (Å²) in [6.07, 6.45) is 3.35. The molecule has 1 heterocycles. The van der Waals surface area contributed by atoms with Gasteiger partial charge in [-0.15, -0.1) is 0 Å². The van der Waals surface area contributed by atoms with Gasteiger partial charge >= 0.3 is 0 Å². The number of amides is 2. The van der Waals surface area contributed by atoms with E-state index >= 15 is 0 Å². The van der Waals surface area contributed by atoms with Crippen molar-refractivity contribution in [1.82, 2.24) is 10.3 Å². The zero-order valence-corrected chi connectivity index (χ0v) is 15.6. The predicted octanol–water partition coefficient (Wildman–Crippen LogP) is 2.83. The molecule has 0 spiro atoms. The van der Waals surface area contributed by atoms with Gasteiger partial charge in [-0.1, -0.05) is 24.3 Å². The van der Waals surface area contributed by atoms with Crippen LogP contribution in [0.4, 0.5) is 10.1 Å². The molecule has 4 N–H and O–H groups in total. The third kappa shape index (κ3) is 5.95. The SMILES string of the molecule is NC(CNC(=O)Cc1ccc(F)cc1)c1ccc(C(=O)Nc2ccncc2)cc1. The van der Waals surface area contributed by atoms with Crippen LogP contribution in [0.3, 0.4) is 0 Å². The molecular weight excluding hydrogens is 371 g/mol. The molecule has 0 bridgehead atoms. The minimum atomic E-state index is -0.413. The number of hydrogen-bond acceptors (Lipinski definition) is 4. The number of hydrogen-bond donors (Lipinski definition) is 3. The van der Waals surface area contributed by atoms with E-state index in [0.717, 1.165) is 11.1 Å². The molecule has 148 valence electrons. The van der Waals surface area contributed by atoms with Crippen molar-refractivity contribution >= 4 is 17.5 Å². The van der Waals surface area contributed by atoms with Crippen LogP contribution in [0.2, 0.25) is 0 Å². The second kappa shape index (κ2) is 9.57. The van der Waals surface area contributed by atoms with E-state index in [1.807, 2.05) is 0 Å². The Morgan fingerprint density at radius 2 is 1.62 bits per heavy atom. The molecule has 2 aromatic carbocycles. The van der Waals surface area contributed by atoms with Crippen LogP contribution in [-0.2, 0) is 11.2 Å². The van der Waals surface area contributed by atoms with Crippen molar-refractivity contribution in [2.45, 2.75) is 12.5 Å². The topological polar surface area (TPSA) is 97.1 Å². The molecule has 3 rings (SSSR count). The molecule has 3 aromatic rings. The van der Waals surface area contributed by atoms with Crippen LogP contribution in [0.25, 0.3) is 0 Å². The number of aromatic nitrogens is 1. The van der Waals surface area contributed by atoms with Gasteiger partial charge in [0.2, 0.25) is 5.91 Å². The lowest BCUT2D eigenvalue weighted by Crippen LogP contribution is -2.32. The molecular formula is C22H21FN4O2. The minimum absolute atomic E-state index is 0.154. The van der Waals surface area contributed by atoms with Crippen molar-refractivity contribution in [2.24, 2.45) is 5.73 Å².